The van der Waals surface area contributed by atoms with Crippen LogP contribution >= 0.6 is 0 Å². The second-order valence-corrected chi connectivity index (χ2v) is 8.11. The molecule has 2 N–H and O–H groups in total. The summed E-state index contributed by atoms with van der Waals surface area (Å²) in [5.41, 5.74) is 7.81. The number of aliphatic hydroxyl groups excluding tert-OH is 2. The SMILES string of the molecule is OCCOc1ccc(C2(c3ccc(COCO)cc3)c3ccccc3-c3ccccc32)cc1. The van der Waals surface area contributed by atoms with E-state index < -0.39 is 5.41 Å². The molecule has 33 heavy (non-hydrogen) atoms. The summed E-state index contributed by atoms with van der Waals surface area (Å²) < 4.78 is 10.8. The van der Waals surface area contributed by atoms with Crippen molar-refractivity contribution >= 4 is 0 Å². The average molecular weight is 439 g/mol. The molecule has 0 aromatic heterocycles. The Morgan fingerprint density at radius 1 is 0.636 bits per heavy atom. The Kier molecular flexibility index (Phi) is 5.97. The lowest BCUT2D eigenvalue weighted by molar-refractivity contribution is -0.0112. The lowest BCUT2D eigenvalue weighted by atomic mass is 9.67. The monoisotopic (exact) mass is 438 g/mol. The van der Waals surface area contributed by atoms with Gasteiger partial charge in [-0.2, -0.15) is 0 Å². The normalized spacial score (nSPS) is 13.4. The Balaban J connectivity index is 1.72. The van der Waals surface area contributed by atoms with Crippen LogP contribution in [0.4, 0.5) is 0 Å². The van der Waals surface area contributed by atoms with E-state index in [1.54, 1.807) is 0 Å². The van der Waals surface area contributed by atoms with Crippen molar-refractivity contribution < 1.29 is 19.7 Å². The third-order valence-electron chi connectivity index (χ3n) is 6.35. The molecule has 0 saturated heterocycles. The number of ether oxygens (including phenoxy) is 2. The molecule has 0 fully saturated rings. The zero-order chi connectivity index (χ0) is 22.7. The second kappa shape index (κ2) is 9.20. The fourth-order valence-corrected chi connectivity index (χ4v) is 5.00. The zero-order valence-electron chi connectivity index (χ0n) is 18.3. The van der Waals surface area contributed by atoms with Gasteiger partial charge in [0.1, 0.15) is 19.1 Å². The Hall–Kier alpha value is -3.44. The van der Waals surface area contributed by atoms with Gasteiger partial charge in [0, 0.05) is 0 Å². The fraction of sp³-hybridized carbons (Fsp3) is 0.172. The van der Waals surface area contributed by atoms with Crippen LogP contribution in [-0.4, -0.2) is 30.2 Å². The molecule has 4 heteroatoms. The van der Waals surface area contributed by atoms with Crippen molar-refractivity contribution in [2.75, 3.05) is 20.0 Å². The summed E-state index contributed by atoms with van der Waals surface area (Å²) in [6.45, 7) is 0.331. The fourth-order valence-electron chi connectivity index (χ4n) is 5.00. The molecule has 1 aliphatic carbocycles. The van der Waals surface area contributed by atoms with Crippen LogP contribution in [0.25, 0.3) is 11.1 Å². The Morgan fingerprint density at radius 3 is 1.73 bits per heavy atom. The van der Waals surface area contributed by atoms with E-state index >= 15 is 0 Å². The maximum Gasteiger partial charge on any atom is 0.144 e. The second-order valence-electron chi connectivity index (χ2n) is 8.11. The van der Waals surface area contributed by atoms with Crippen molar-refractivity contribution in [3.8, 4) is 16.9 Å². The van der Waals surface area contributed by atoms with Gasteiger partial charge in [0.05, 0.1) is 18.6 Å². The summed E-state index contributed by atoms with van der Waals surface area (Å²) in [6, 6.07) is 33.8. The van der Waals surface area contributed by atoms with Gasteiger partial charge in [-0.15, -0.1) is 0 Å². The smallest absolute Gasteiger partial charge is 0.144 e. The van der Waals surface area contributed by atoms with Crippen molar-refractivity contribution in [2.45, 2.75) is 12.0 Å². The number of benzene rings is 4. The first-order valence-electron chi connectivity index (χ1n) is 11.1. The lowest BCUT2D eigenvalue weighted by Gasteiger charge is -2.34. The molecule has 1 aliphatic rings. The molecule has 0 radical (unpaired) electrons. The number of rotatable bonds is 8. The van der Waals surface area contributed by atoms with Gasteiger partial charge in [-0.1, -0.05) is 84.9 Å². The highest BCUT2D eigenvalue weighted by molar-refractivity contribution is 5.86. The molecule has 0 aliphatic heterocycles. The first-order valence-corrected chi connectivity index (χ1v) is 11.1. The van der Waals surface area contributed by atoms with E-state index in [0.717, 1.165) is 22.4 Å². The van der Waals surface area contributed by atoms with Crippen LogP contribution in [0.5, 0.6) is 5.75 Å². The van der Waals surface area contributed by atoms with E-state index in [1.165, 1.54) is 22.3 Å². The van der Waals surface area contributed by atoms with Gasteiger partial charge < -0.3 is 19.7 Å². The number of fused-ring (bicyclic) bond motifs is 3. The summed E-state index contributed by atoms with van der Waals surface area (Å²) in [5.74, 6) is 0.735. The van der Waals surface area contributed by atoms with E-state index in [9.17, 15) is 0 Å². The average Bonchev–Trinajstić information content (AvgIpc) is 3.18. The van der Waals surface area contributed by atoms with Crippen molar-refractivity contribution in [3.05, 3.63) is 125 Å². The molecule has 5 rings (SSSR count). The highest BCUT2D eigenvalue weighted by atomic mass is 16.6. The van der Waals surface area contributed by atoms with E-state index in [1.807, 2.05) is 12.1 Å². The van der Waals surface area contributed by atoms with Crippen molar-refractivity contribution in [2.24, 2.45) is 0 Å². The number of aliphatic hydroxyl groups is 2. The quantitative estimate of drug-likeness (QED) is 0.339. The topological polar surface area (TPSA) is 58.9 Å². The molecule has 166 valence electrons. The number of hydrogen-bond donors (Lipinski definition) is 2. The molecule has 0 amide bonds. The third-order valence-corrected chi connectivity index (χ3v) is 6.35. The van der Waals surface area contributed by atoms with E-state index in [4.69, 9.17) is 19.7 Å². The van der Waals surface area contributed by atoms with Crippen LogP contribution in [-0.2, 0) is 16.8 Å². The summed E-state index contributed by atoms with van der Waals surface area (Å²) >= 11 is 0. The standard InChI is InChI=1S/C29H26O4/c30-17-18-33-24-15-13-23(14-16-24)29(22-11-9-21(10-12-22)19-32-20-31)27-7-3-1-5-25(27)26-6-2-4-8-28(26)29/h1-16,30-31H,17-20H2. The highest BCUT2D eigenvalue weighted by Gasteiger charge is 2.45. The zero-order valence-corrected chi connectivity index (χ0v) is 18.3. The molecular formula is C29H26O4. The summed E-state index contributed by atoms with van der Waals surface area (Å²) in [7, 11) is 0. The largest absolute Gasteiger partial charge is 0.491 e. The summed E-state index contributed by atoms with van der Waals surface area (Å²) in [5, 5.41) is 18.1. The Bertz CT molecular complexity index is 1130. The van der Waals surface area contributed by atoms with Crippen LogP contribution in [0, 0.1) is 0 Å². The third kappa shape index (κ3) is 3.62. The van der Waals surface area contributed by atoms with Gasteiger partial charge in [0.25, 0.3) is 0 Å². The molecular weight excluding hydrogens is 412 g/mol. The molecule has 0 bridgehead atoms. The molecule has 4 nitrogen and oxygen atoms in total. The van der Waals surface area contributed by atoms with Crippen LogP contribution in [0.1, 0.15) is 27.8 Å². The van der Waals surface area contributed by atoms with Crippen LogP contribution in [0.2, 0.25) is 0 Å². The van der Waals surface area contributed by atoms with Crippen LogP contribution in [0.15, 0.2) is 97.1 Å². The predicted octanol–water partition coefficient (Wildman–Crippen LogP) is 4.89. The van der Waals surface area contributed by atoms with Gasteiger partial charge in [-0.25, -0.2) is 0 Å². The minimum atomic E-state index is -0.473. The maximum atomic E-state index is 9.09. The molecule has 4 aromatic rings. The van der Waals surface area contributed by atoms with Gasteiger partial charge in [-0.05, 0) is 51.1 Å². The van der Waals surface area contributed by atoms with E-state index in [2.05, 4.69) is 84.9 Å². The molecule has 0 unspecified atom stereocenters. The van der Waals surface area contributed by atoms with Crippen LogP contribution < -0.4 is 4.74 Å². The Morgan fingerprint density at radius 2 is 1.18 bits per heavy atom. The molecule has 0 atom stereocenters. The van der Waals surface area contributed by atoms with Crippen molar-refractivity contribution in [1.29, 1.82) is 0 Å². The summed E-state index contributed by atoms with van der Waals surface area (Å²) in [6.07, 6.45) is 0. The summed E-state index contributed by atoms with van der Waals surface area (Å²) in [4.78, 5) is 0. The van der Waals surface area contributed by atoms with E-state index in [0.29, 0.717) is 6.61 Å². The van der Waals surface area contributed by atoms with Crippen molar-refractivity contribution in [1.82, 2.24) is 0 Å². The lowest BCUT2D eigenvalue weighted by Crippen LogP contribution is -2.28. The maximum absolute atomic E-state index is 9.09. The van der Waals surface area contributed by atoms with Crippen LogP contribution in [0.3, 0.4) is 0 Å². The van der Waals surface area contributed by atoms with Gasteiger partial charge in [-0.3, -0.25) is 0 Å². The first kappa shape index (κ1) is 21.4. The highest BCUT2D eigenvalue weighted by Crippen LogP contribution is 2.56. The van der Waals surface area contributed by atoms with E-state index in [-0.39, 0.29) is 20.0 Å². The van der Waals surface area contributed by atoms with Crippen molar-refractivity contribution in [3.63, 3.8) is 0 Å². The number of hydrogen-bond acceptors (Lipinski definition) is 4. The first-order chi connectivity index (χ1) is 16.3. The molecule has 4 aromatic carbocycles. The van der Waals surface area contributed by atoms with Gasteiger partial charge in [0.2, 0.25) is 0 Å². The minimum Gasteiger partial charge on any atom is -0.491 e. The van der Waals surface area contributed by atoms with Gasteiger partial charge in [0.15, 0.2) is 0 Å². The Labute approximate surface area is 193 Å². The van der Waals surface area contributed by atoms with Gasteiger partial charge >= 0.3 is 0 Å². The predicted molar refractivity (Wildman–Crippen MR) is 128 cm³/mol. The minimum absolute atomic E-state index is 0.0151. The molecule has 0 saturated carbocycles. The molecule has 0 heterocycles. The molecule has 0 spiro atoms.